The lowest BCUT2D eigenvalue weighted by Gasteiger charge is -1.98. The van der Waals surface area contributed by atoms with Crippen molar-refractivity contribution >= 4 is 5.97 Å². The number of hydrogen-bond acceptors (Lipinski definition) is 3. The summed E-state index contributed by atoms with van der Waals surface area (Å²) < 4.78 is 5.04. The van der Waals surface area contributed by atoms with Crippen molar-refractivity contribution in [3.63, 3.8) is 0 Å². The van der Waals surface area contributed by atoms with Gasteiger partial charge in [-0.25, -0.2) is 4.79 Å². The summed E-state index contributed by atoms with van der Waals surface area (Å²) in [6.07, 6.45) is 2.27. The predicted molar refractivity (Wildman–Crippen MR) is 40.3 cm³/mol. The second-order valence-corrected chi connectivity index (χ2v) is 2.62. The highest BCUT2D eigenvalue weighted by Crippen LogP contribution is 2.15. The first-order valence-corrected chi connectivity index (χ1v) is 3.67. The first-order valence-electron chi connectivity index (χ1n) is 3.67. The molecule has 1 rings (SSSR count). The Bertz CT molecular complexity index is 246. The normalized spacial score (nSPS) is 23.6. The van der Waals surface area contributed by atoms with Crippen molar-refractivity contribution in [2.45, 2.75) is 6.42 Å². The number of nitrogens with zero attached hydrogens (tertiary/aromatic N) is 1. The summed E-state index contributed by atoms with van der Waals surface area (Å²) in [6.45, 7) is 1.18. The summed E-state index contributed by atoms with van der Waals surface area (Å²) in [5.74, 6) is -1.07. The van der Waals surface area contributed by atoms with E-state index in [1.807, 2.05) is 0 Å². The zero-order chi connectivity index (χ0) is 8.97. The number of carboxylic acids is 1. The fourth-order valence-corrected chi connectivity index (χ4v) is 1.08. The van der Waals surface area contributed by atoms with Crippen molar-refractivity contribution < 1.29 is 14.6 Å². The van der Waals surface area contributed by atoms with Gasteiger partial charge in [-0.1, -0.05) is 6.08 Å². The van der Waals surface area contributed by atoms with Crippen molar-refractivity contribution in [1.82, 2.24) is 0 Å². The molecule has 4 heteroatoms. The summed E-state index contributed by atoms with van der Waals surface area (Å²) in [4.78, 5) is 10.4. The monoisotopic (exact) mass is 167 g/mol. The van der Waals surface area contributed by atoms with Crippen molar-refractivity contribution in [1.29, 1.82) is 5.26 Å². The zero-order valence-electron chi connectivity index (χ0n) is 6.49. The lowest BCUT2D eigenvalue weighted by atomic mass is 10.1. The molecule has 0 spiro atoms. The largest absolute Gasteiger partial charge is 0.477 e. The Morgan fingerprint density at radius 2 is 2.50 bits per heavy atom. The van der Waals surface area contributed by atoms with Crippen LogP contribution in [0.4, 0.5) is 0 Å². The van der Waals surface area contributed by atoms with Crippen LogP contribution in [0.5, 0.6) is 0 Å². The summed E-state index contributed by atoms with van der Waals surface area (Å²) in [7, 11) is 0. The Morgan fingerprint density at radius 1 is 1.75 bits per heavy atom. The fraction of sp³-hybridized carbons (Fsp3) is 0.500. The molecule has 4 nitrogen and oxygen atoms in total. The molecule has 1 unspecified atom stereocenters. The third-order valence-electron chi connectivity index (χ3n) is 1.72. The topological polar surface area (TPSA) is 70.3 Å². The van der Waals surface area contributed by atoms with Gasteiger partial charge in [-0.2, -0.15) is 5.26 Å². The SMILES string of the molecule is N#CC(=CC1CCOC1)C(=O)O. The van der Waals surface area contributed by atoms with E-state index in [4.69, 9.17) is 15.1 Å². The zero-order valence-corrected chi connectivity index (χ0v) is 6.49. The molecule has 1 heterocycles. The maximum Gasteiger partial charge on any atom is 0.346 e. The number of nitriles is 1. The molecule has 0 aromatic carbocycles. The quantitative estimate of drug-likeness (QED) is 0.481. The molecule has 0 bridgehead atoms. The highest BCUT2D eigenvalue weighted by molar-refractivity contribution is 5.90. The number of aliphatic carboxylic acids is 1. The van der Waals surface area contributed by atoms with Crippen LogP contribution in [-0.2, 0) is 9.53 Å². The Morgan fingerprint density at radius 3 is 2.92 bits per heavy atom. The van der Waals surface area contributed by atoms with Crippen LogP contribution in [0.25, 0.3) is 0 Å². The van der Waals surface area contributed by atoms with Gasteiger partial charge in [0.1, 0.15) is 11.6 Å². The van der Waals surface area contributed by atoms with Gasteiger partial charge < -0.3 is 9.84 Å². The van der Waals surface area contributed by atoms with Crippen LogP contribution in [0.3, 0.4) is 0 Å². The van der Waals surface area contributed by atoms with Crippen molar-refractivity contribution in [2.75, 3.05) is 13.2 Å². The van der Waals surface area contributed by atoms with Crippen LogP contribution in [0, 0.1) is 17.2 Å². The number of carboxylic acid groups (broad SMARTS) is 1. The minimum absolute atomic E-state index is 0.0933. The minimum Gasteiger partial charge on any atom is -0.477 e. The third kappa shape index (κ3) is 2.07. The Labute approximate surface area is 70.1 Å². The van der Waals surface area contributed by atoms with Gasteiger partial charge in [0.2, 0.25) is 0 Å². The first kappa shape index (κ1) is 8.75. The van der Waals surface area contributed by atoms with Gasteiger partial charge >= 0.3 is 5.97 Å². The molecule has 1 N–H and O–H groups in total. The maximum absolute atomic E-state index is 10.4. The second kappa shape index (κ2) is 3.88. The van der Waals surface area contributed by atoms with Crippen LogP contribution in [0.1, 0.15) is 6.42 Å². The van der Waals surface area contributed by atoms with E-state index in [0.717, 1.165) is 6.42 Å². The molecule has 0 amide bonds. The average Bonchev–Trinajstić information content (AvgIpc) is 2.51. The molecule has 1 aliphatic heterocycles. The standard InChI is InChI=1S/C8H9NO3/c9-4-7(8(10)11)3-6-1-2-12-5-6/h3,6H,1-2,5H2,(H,10,11). The van der Waals surface area contributed by atoms with Gasteiger partial charge in [0.15, 0.2) is 0 Å². The molecule has 64 valence electrons. The van der Waals surface area contributed by atoms with Crippen LogP contribution in [0.2, 0.25) is 0 Å². The first-order chi connectivity index (χ1) is 5.74. The van der Waals surface area contributed by atoms with Crippen LogP contribution < -0.4 is 0 Å². The van der Waals surface area contributed by atoms with E-state index in [1.165, 1.54) is 6.08 Å². The van der Waals surface area contributed by atoms with Crippen molar-refractivity contribution in [2.24, 2.45) is 5.92 Å². The Balaban J connectivity index is 2.64. The summed E-state index contributed by atoms with van der Waals surface area (Å²) in [6, 6.07) is 1.63. The Hall–Kier alpha value is -1.34. The van der Waals surface area contributed by atoms with E-state index < -0.39 is 5.97 Å². The van der Waals surface area contributed by atoms with Crippen LogP contribution in [-0.4, -0.2) is 24.3 Å². The molecule has 0 saturated carbocycles. The van der Waals surface area contributed by atoms with Gasteiger partial charge in [-0.15, -0.1) is 0 Å². The van der Waals surface area contributed by atoms with Crippen LogP contribution in [0.15, 0.2) is 11.6 Å². The van der Waals surface area contributed by atoms with Gasteiger partial charge in [0, 0.05) is 12.5 Å². The van der Waals surface area contributed by atoms with E-state index >= 15 is 0 Å². The molecule has 0 aromatic rings. The number of hydrogen-bond donors (Lipinski definition) is 1. The Kier molecular flexibility index (Phi) is 2.83. The van der Waals surface area contributed by atoms with E-state index in [0.29, 0.717) is 13.2 Å². The van der Waals surface area contributed by atoms with Gasteiger partial charge in [-0.05, 0) is 6.42 Å². The molecule has 0 aliphatic carbocycles. The van der Waals surface area contributed by atoms with Crippen molar-refractivity contribution in [3.8, 4) is 6.07 Å². The molecule has 1 aliphatic rings. The van der Waals surface area contributed by atoms with E-state index in [-0.39, 0.29) is 11.5 Å². The smallest absolute Gasteiger partial charge is 0.346 e. The van der Waals surface area contributed by atoms with Gasteiger partial charge in [0.25, 0.3) is 0 Å². The molecule has 1 saturated heterocycles. The molecule has 1 fully saturated rings. The number of carbonyl (C=O) groups is 1. The summed E-state index contributed by atoms with van der Waals surface area (Å²) >= 11 is 0. The lowest BCUT2D eigenvalue weighted by molar-refractivity contribution is -0.132. The van der Waals surface area contributed by atoms with E-state index in [1.54, 1.807) is 6.07 Å². The average molecular weight is 167 g/mol. The van der Waals surface area contributed by atoms with Crippen LogP contribution >= 0.6 is 0 Å². The van der Waals surface area contributed by atoms with Gasteiger partial charge in [-0.3, -0.25) is 0 Å². The van der Waals surface area contributed by atoms with Crippen molar-refractivity contribution in [3.05, 3.63) is 11.6 Å². The molecule has 12 heavy (non-hydrogen) atoms. The predicted octanol–water partition coefficient (Wildman–Crippen LogP) is 0.557. The van der Waals surface area contributed by atoms with E-state index in [9.17, 15) is 4.79 Å². The maximum atomic E-state index is 10.4. The molecule has 0 aromatic heterocycles. The fourth-order valence-electron chi connectivity index (χ4n) is 1.08. The summed E-state index contributed by atoms with van der Waals surface area (Å²) in [5.41, 5.74) is -0.189. The summed E-state index contributed by atoms with van der Waals surface area (Å²) in [5, 5.41) is 16.9. The second-order valence-electron chi connectivity index (χ2n) is 2.62. The van der Waals surface area contributed by atoms with E-state index in [2.05, 4.69) is 0 Å². The highest BCUT2D eigenvalue weighted by Gasteiger charge is 2.16. The third-order valence-corrected chi connectivity index (χ3v) is 1.72. The molecular weight excluding hydrogens is 158 g/mol. The molecule has 0 radical (unpaired) electrons. The lowest BCUT2D eigenvalue weighted by Crippen LogP contribution is -2.03. The number of rotatable bonds is 2. The molecule has 1 atom stereocenters. The molecular formula is C8H9NO3. The number of ether oxygens (including phenoxy) is 1. The minimum atomic E-state index is -1.16. The van der Waals surface area contributed by atoms with Gasteiger partial charge in [0.05, 0.1) is 6.61 Å². The highest BCUT2D eigenvalue weighted by atomic mass is 16.5.